The summed E-state index contributed by atoms with van der Waals surface area (Å²) in [5.41, 5.74) is -0.128. The SMILES string of the molecule is O=C(c1cccc(C(F)(F)F)c1)N(CCCn1ccnc1)c1nc2ccccc2s1. The predicted octanol–water partition coefficient (Wildman–Crippen LogP) is 5.25. The molecule has 0 N–H and O–H groups in total. The van der Waals surface area contributed by atoms with Crippen LogP contribution >= 0.6 is 11.3 Å². The fourth-order valence-electron chi connectivity index (χ4n) is 3.07. The van der Waals surface area contributed by atoms with Crippen molar-refractivity contribution < 1.29 is 18.0 Å². The van der Waals surface area contributed by atoms with Crippen molar-refractivity contribution in [1.82, 2.24) is 14.5 Å². The number of halogens is 3. The molecule has 30 heavy (non-hydrogen) atoms. The normalized spacial score (nSPS) is 11.7. The number of thiazole rings is 1. The first-order valence-electron chi connectivity index (χ1n) is 9.22. The number of rotatable bonds is 6. The minimum absolute atomic E-state index is 0.0216. The molecule has 4 rings (SSSR count). The first-order chi connectivity index (χ1) is 14.4. The third kappa shape index (κ3) is 4.35. The van der Waals surface area contributed by atoms with Crippen LogP contribution in [0.4, 0.5) is 18.3 Å². The molecule has 0 aliphatic rings. The lowest BCUT2D eigenvalue weighted by molar-refractivity contribution is -0.137. The Kier molecular flexibility index (Phi) is 5.54. The number of aryl methyl sites for hydroxylation is 1. The van der Waals surface area contributed by atoms with E-state index in [0.717, 1.165) is 22.3 Å². The van der Waals surface area contributed by atoms with Crippen LogP contribution < -0.4 is 4.90 Å². The lowest BCUT2D eigenvalue weighted by Gasteiger charge is -2.20. The van der Waals surface area contributed by atoms with Gasteiger partial charge in [-0.25, -0.2) is 9.97 Å². The molecule has 0 saturated carbocycles. The molecular formula is C21H17F3N4OS. The van der Waals surface area contributed by atoms with Crippen molar-refractivity contribution in [2.24, 2.45) is 0 Å². The summed E-state index contributed by atoms with van der Waals surface area (Å²) in [5, 5.41) is 0.462. The monoisotopic (exact) mass is 430 g/mol. The minimum Gasteiger partial charge on any atom is -0.337 e. The van der Waals surface area contributed by atoms with E-state index in [0.29, 0.717) is 24.6 Å². The molecular weight excluding hydrogens is 413 g/mol. The van der Waals surface area contributed by atoms with Crippen LogP contribution in [0.15, 0.2) is 67.3 Å². The van der Waals surface area contributed by atoms with Crippen LogP contribution in [0, 0.1) is 0 Å². The molecule has 9 heteroatoms. The molecule has 0 radical (unpaired) electrons. The van der Waals surface area contributed by atoms with Gasteiger partial charge in [-0.2, -0.15) is 13.2 Å². The number of alkyl halides is 3. The maximum Gasteiger partial charge on any atom is 0.416 e. The minimum atomic E-state index is -4.52. The molecule has 5 nitrogen and oxygen atoms in total. The maximum absolute atomic E-state index is 13.2. The van der Waals surface area contributed by atoms with Crippen LogP contribution in [-0.2, 0) is 12.7 Å². The Labute approximate surface area is 174 Å². The number of aromatic nitrogens is 3. The second kappa shape index (κ2) is 8.27. The zero-order valence-corrected chi connectivity index (χ0v) is 16.5. The van der Waals surface area contributed by atoms with E-state index >= 15 is 0 Å². The number of amides is 1. The van der Waals surface area contributed by atoms with Crippen molar-refractivity contribution in [1.29, 1.82) is 0 Å². The molecule has 4 aromatic rings. The van der Waals surface area contributed by atoms with Gasteiger partial charge in [0.05, 0.1) is 22.1 Å². The van der Waals surface area contributed by atoms with Gasteiger partial charge in [-0.05, 0) is 36.8 Å². The Hall–Kier alpha value is -3.20. The van der Waals surface area contributed by atoms with Crippen molar-refractivity contribution in [2.45, 2.75) is 19.1 Å². The molecule has 2 heterocycles. The quantitative estimate of drug-likeness (QED) is 0.420. The highest BCUT2D eigenvalue weighted by molar-refractivity contribution is 7.22. The van der Waals surface area contributed by atoms with Gasteiger partial charge in [-0.1, -0.05) is 29.5 Å². The number of anilines is 1. The van der Waals surface area contributed by atoms with Crippen LogP contribution in [0.5, 0.6) is 0 Å². The van der Waals surface area contributed by atoms with E-state index in [1.807, 2.05) is 35.0 Å². The predicted molar refractivity (Wildman–Crippen MR) is 110 cm³/mol. The van der Waals surface area contributed by atoms with E-state index in [2.05, 4.69) is 9.97 Å². The molecule has 0 fully saturated rings. The number of fused-ring (bicyclic) bond motifs is 1. The molecule has 2 aromatic heterocycles. The van der Waals surface area contributed by atoms with Crippen LogP contribution in [0.3, 0.4) is 0 Å². The Bertz CT molecular complexity index is 1120. The molecule has 0 atom stereocenters. The van der Waals surface area contributed by atoms with Crippen molar-refractivity contribution >= 4 is 32.6 Å². The van der Waals surface area contributed by atoms with Gasteiger partial charge in [-0.15, -0.1) is 0 Å². The summed E-state index contributed by atoms with van der Waals surface area (Å²) in [6.45, 7) is 0.935. The molecule has 154 valence electrons. The second-order valence-corrected chi connectivity index (χ2v) is 7.66. The van der Waals surface area contributed by atoms with E-state index in [4.69, 9.17) is 0 Å². The summed E-state index contributed by atoms with van der Waals surface area (Å²) in [6, 6.07) is 12.0. The van der Waals surface area contributed by atoms with Gasteiger partial charge in [0, 0.05) is 31.0 Å². The average Bonchev–Trinajstić information content (AvgIpc) is 3.39. The standard InChI is InChI=1S/C21H17F3N4OS/c22-21(23,24)16-6-3-5-15(13-16)19(29)28(11-4-10-27-12-9-25-14-27)20-26-17-7-1-2-8-18(17)30-20/h1-3,5-9,12-14H,4,10-11H2. The Morgan fingerprint density at radius 2 is 1.97 bits per heavy atom. The van der Waals surface area contributed by atoms with Crippen LogP contribution in [0.25, 0.3) is 10.2 Å². The van der Waals surface area contributed by atoms with Gasteiger partial charge in [0.25, 0.3) is 5.91 Å². The van der Waals surface area contributed by atoms with Gasteiger partial charge < -0.3 is 4.57 Å². The average molecular weight is 430 g/mol. The highest BCUT2D eigenvalue weighted by atomic mass is 32.1. The highest BCUT2D eigenvalue weighted by Crippen LogP contribution is 2.32. The number of benzene rings is 2. The Balaban J connectivity index is 1.64. The van der Waals surface area contributed by atoms with Gasteiger partial charge >= 0.3 is 6.18 Å². The molecule has 0 aliphatic heterocycles. The van der Waals surface area contributed by atoms with E-state index in [-0.39, 0.29) is 5.56 Å². The fraction of sp³-hybridized carbons (Fsp3) is 0.190. The Morgan fingerprint density at radius 3 is 2.70 bits per heavy atom. The number of carbonyl (C=O) groups is 1. The summed E-state index contributed by atoms with van der Waals surface area (Å²) in [7, 11) is 0. The van der Waals surface area contributed by atoms with Crippen LogP contribution in [0.2, 0.25) is 0 Å². The summed E-state index contributed by atoms with van der Waals surface area (Å²) in [6.07, 6.45) is 1.24. The summed E-state index contributed by atoms with van der Waals surface area (Å²) in [5.74, 6) is -0.509. The van der Waals surface area contributed by atoms with Crippen molar-refractivity contribution in [3.05, 3.63) is 78.4 Å². The zero-order chi connectivity index (χ0) is 21.1. The van der Waals surface area contributed by atoms with Crippen molar-refractivity contribution in [3.63, 3.8) is 0 Å². The number of carbonyl (C=O) groups excluding carboxylic acids is 1. The third-order valence-electron chi connectivity index (χ3n) is 4.55. The Morgan fingerprint density at radius 1 is 1.13 bits per heavy atom. The topological polar surface area (TPSA) is 51.0 Å². The van der Waals surface area contributed by atoms with E-state index in [9.17, 15) is 18.0 Å². The smallest absolute Gasteiger partial charge is 0.337 e. The number of imidazole rings is 1. The molecule has 1 amide bonds. The number of hydrogen-bond donors (Lipinski definition) is 0. The lowest BCUT2D eigenvalue weighted by atomic mass is 10.1. The van der Waals surface area contributed by atoms with Crippen molar-refractivity contribution in [2.75, 3.05) is 11.4 Å². The highest BCUT2D eigenvalue weighted by Gasteiger charge is 2.31. The van der Waals surface area contributed by atoms with Crippen molar-refractivity contribution in [3.8, 4) is 0 Å². The summed E-state index contributed by atoms with van der Waals surface area (Å²) < 4.78 is 42.1. The fourth-order valence-corrected chi connectivity index (χ4v) is 4.06. The lowest BCUT2D eigenvalue weighted by Crippen LogP contribution is -2.32. The molecule has 0 bridgehead atoms. The zero-order valence-electron chi connectivity index (χ0n) is 15.7. The second-order valence-electron chi connectivity index (χ2n) is 6.65. The molecule has 0 saturated heterocycles. The van der Waals surface area contributed by atoms with Crippen LogP contribution in [0.1, 0.15) is 22.3 Å². The maximum atomic E-state index is 13.2. The van der Waals surface area contributed by atoms with Gasteiger partial charge in [-0.3, -0.25) is 9.69 Å². The van der Waals surface area contributed by atoms with Gasteiger partial charge in [0.15, 0.2) is 5.13 Å². The number of nitrogens with zero attached hydrogens (tertiary/aromatic N) is 4. The first kappa shape index (κ1) is 20.1. The molecule has 2 aromatic carbocycles. The molecule has 0 aliphatic carbocycles. The van der Waals surface area contributed by atoms with Gasteiger partial charge in [0.1, 0.15) is 0 Å². The van der Waals surface area contributed by atoms with Crippen LogP contribution in [-0.4, -0.2) is 27.0 Å². The van der Waals surface area contributed by atoms with Gasteiger partial charge in [0.2, 0.25) is 0 Å². The van der Waals surface area contributed by atoms with E-state index in [1.54, 1.807) is 12.5 Å². The molecule has 0 unspecified atom stereocenters. The number of hydrogen-bond acceptors (Lipinski definition) is 4. The largest absolute Gasteiger partial charge is 0.416 e. The summed E-state index contributed by atoms with van der Waals surface area (Å²) in [4.78, 5) is 23.2. The van der Waals surface area contributed by atoms with E-state index < -0.39 is 17.6 Å². The third-order valence-corrected chi connectivity index (χ3v) is 5.61. The van der Waals surface area contributed by atoms with E-state index in [1.165, 1.54) is 28.4 Å². The summed E-state index contributed by atoms with van der Waals surface area (Å²) >= 11 is 1.34. The molecule has 0 spiro atoms. The first-order valence-corrected chi connectivity index (χ1v) is 10.0. The number of para-hydroxylation sites is 1.